The normalized spacial score (nSPS) is 14.7. The summed E-state index contributed by atoms with van der Waals surface area (Å²) in [7, 11) is -4.17. The quantitative estimate of drug-likeness (QED) is 0.271. The molecule has 1 fully saturated rings. The maximum absolute atomic E-state index is 14.2. The summed E-state index contributed by atoms with van der Waals surface area (Å²) in [6, 6.07) is 17.6. The number of carbonyl (C=O) groups is 2. The topological polar surface area (TPSA) is 86.8 Å². The summed E-state index contributed by atoms with van der Waals surface area (Å²) in [5, 5.41) is 4.00. The highest BCUT2D eigenvalue weighted by atomic mass is 35.5. The van der Waals surface area contributed by atoms with Crippen LogP contribution >= 0.6 is 23.2 Å². The Bertz CT molecular complexity index is 1520. The third-order valence-corrected chi connectivity index (χ3v) is 10.1. The Hall–Kier alpha value is -3.07. The lowest BCUT2D eigenvalue weighted by Crippen LogP contribution is -2.53. The van der Waals surface area contributed by atoms with Crippen molar-refractivity contribution < 1.29 is 18.0 Å². The van der Waals surface area contributed by atoms with Crippen LogP contribution in [0.4, 0.5) is 5.69 Å². The Morgan fingerprint density at radius 3 is 2.26 bits per heavy atom. The largest absolute Gasteiger partial charge is 0.352 e. The van der Waals surface area contributed by atoms with Gasteiger partial charge in [-0.05, 0) is 81.1 Å². The van der Waals surface area contributed by atoms with Crippen LogP contribution in [-0.4, -0.2) is 43.8 Å². The van der Waals surface area contributed by atoms with Crippen LogP contribution in [0.1, 0.15) is 55.7 Å². The lowest BCUT2D eigenvalue weighted by atomic mass is 9.95. The van der Waals surface area contributed by atoms with E-state index in [1.807, 2.05) is 13.0 Å². The van der Waals surface area contributed by atoms with Gasteiger partial charge < -0.3 is 10.2 Å². The van der Waals surface area contributed by atoms with Gasteiger partial charge >= 0.3 is 0 Å². The summed E-state index contributed by atoms with van der Waals surface area (Å²) in [6.07, 6.45) is 5.04. The van der Waals surface area contributed by atoms with Gasteiger partial charge in [0.15, 0.2) is 0 Å². The molecule has 7 nitrogen and oxygen atoms in total. The highest BCUT2D eigenvalue weighted by Gasteiger charge is 2.34. The van der Waals surface area contributed by atoms with Crippen molar-refractivity contribution in [1.82, 2.24) is 10.2 Å². The molecule has 0 heterocycles. The molecule has 0 bridgehead atoms. The molecule has 1 aliphatic rings. The zero-order chi connectivity index (χ0) is 30.4. The number of hydrogen-bond donors (Lipinski definition) is 1. The SMILES string of the molecule is Cc1ccc(S(=O)(=O)N(CC(=O)N(Cc2ccccc2Cl)[C@H](C)C(=O)NC2CCCCC2)c2ccc(Cl)cc2C)cc1. The molecule has 1 saturated carbocycles. The van der Waals surface area contributed by atoms with Crippen molar-refractivity contribution in [2.45, 2.75) is 76.4 Å². The highest BCUT2D eigenvalue weighted by Crippen LogP contribution is 2.30. The first-order valence-electron chi connectivity index (χ1n) is 14.2. The van der Waals surface area contributed by atoms with Crippen molar-refractivity contribution in [2.24, 2.45) is 0 Å². The molecule has 0 unspecified atom stereocenters. The summed E-state index contributed by atoms with van der Waals surface area (Å²) in [4.78, 5) is 29.1. The van der Waals surface area contributed by atoms with E-state index in [2.05, 4.69) is 5.32 Å². The summed E-state index contributed by atoms with van der Waals surface area (Å²) < 4.78 is 29.2. The molecule has 2 amide bonds. The van der Waals surface area contributed by atoms with E-state index in [1.54, 1.807) is 62.4 Å². The van der Waals surface area contributed by atoms with Gasteiger partial charge in [0.25, 0.3) is 10.0 Å². The van der Waals surface area contributed by atoms with Gasteiger partial charge in [-0.2, -0.15) is 0 Å². The van der Waals surface area contributed by atoms with E-state index < -0.39 is 28.5 Å². The minimum Gasteiger partial charge on any atom is -0.352 e. The number of benzene rings is 3. The molecule has 4 rings (SSSR count). The van der Waals surface area contributed by atoms with Crippen molar-refractivity contribution in [2.75, 3.05) is 10.8 Å². The number of hydrogen-bond acceptors (Lipinski definition) is 4. The maximum Gasteiger partial charge on any atom is 0.264 e. The molecular weight excluding hydrogens is 593 g/mol. The Labute approximate surface area is 258 Å². The third kappa shape index (κ3) is 7.65. The maximum atomic E-state index is 14.2. The molecule has 0 aromatic heterocycles. The van der Waals surface area contributed by atoms with Crippen LogP contribution in [0.2, 0.25) is 10.0 Å². The predicted molar refractivity (Wildman–Crippen MR) is 168 cm³/mol. The number of sulfonamides is 1. The molecule has 42 heavy (non-hydrogen) atoms. The summed E-state index contributed by atoms with van der Waals surface area (Å²) in [6.45, 7) is 4.79. The van der Waals surface area contributed by atoms with Crippen molar-refractivity contribution in [3.05, 3.63) is 93.5 Å². The standard InChI is InChI=1S/C32H37Cl2N3O4S/c1-22-13-16-28(17-14-22)42(40,41)37(30-18-15-26(33)19-23(30)2)21-31(38)36(20-25-9-7-8-12-29(25)34)24(3)32(39)35-27-10-5-4-6-11-27/h7-9,12-19,24,27H,4-6,10-11,20-21H2,1-3H3,(H,35,39)/t24-/m1/s1. The Kier molecular flexibility index (Phi) is 10.6. The van der Waals surface area contributed by atoms with Gasteiger partial charge in [-0.15, -0.1) is 0 Å². The second-order valence-corrected chi connectivity index (χ2v) is 13.6. The molecule has 1 aliphatic carbocycles. The monoisotopic (exact) mass is 629 g/mol. The average Bonchev–Trinajstić information content (AvgIpc) is 2.96. The Morgan fingerprint density at radius 1 is 0.952 bits per heavy atom. The summed E-state index contributed by atoms with van der Waals surface area (Å²) >= 11 is 12.6. The van der Waals surface area contributed by atoms with E-state index >= 15 is 0 Å². The number of halogens is 2. The van der Waals surface area contributed by atoms with Crippen LogP contribution in [-0.2, 0) is 26.2 Å². The number of aryl methyl sites for hydroxylation is 2. The Morgan fingerprint density at radius 2 is 1.62 bits per heavy atom. The number of rotatable bonds is 10. The van der Waals surface area contributed by atoms with Crippen molar-refractivity contribution in [3.63, 3.8) is 0 Å². The van der Waals surface area contributed by atoms with Crippen LogP contribution in [0.15, 0.2) is 71.6 Å². The third-order valence-electron chi connectivity index (χ3n) is 7.73. The van der Waals surface area contributed by atoms with Gasteiger partial charge in [-0.1, -0.05) is 78.4 Å². The van der Waals surface area contributed by atoms with Crippen molar-refractivity contribution >= 4 is 50.7 Å². The second-order valence-electron chi connectivity index (χ2n) is 10.9. The van der Waals surface area contributed by atoms with Crippen LogP contribution < -0.4 is 9.62 Å². The number of nitrogens with one attached hydrogen (secondary N) is 1. The van der Waals surface area contributed by atoms with Gasteiger partial charge in [0.05, 0.1) is 10.6 Å². The molecular formula is C32H37Cl2N3O4S. The minimum atomic E-state index is -4.17. The second kappa shape index (κ2) is 13.9. The molecule has 0 spiro atoms. The fourth-order valence-corrected chi connectivity index (χ4v) is 7.11. The first-order valence-corrected chi connectivity index (χ1v) is 16.4. The van der Waals surface area contributed by atoms with E-state index in [9.17, 15) is 18.0 Å². The molecule has 0 radical (unpaired) electrons. The lowest BCUT2D eigenvalue weighted by Gasteiger charge is -2.33. The van der Waals surface area contributed by atoms with E-state index in [1.165, 1.54) is 17.0 Å². The van der Waals surface area contributed by atoms with E-state index in [0.717, 1.165) is 42.0 Å². The Balaban J connectivity index is 1.71. The molecule has 3 aromatic carbocycles. The van der Waals surface area contributed by atoms with Gasteiger partial charge in [0.1, 0.15) is 12.6 Å². The lowest BCUT2D eigenvalue weighted by molar-refractivity contribution is -0.139. The highest BCUT2D eigenvalue weighted by molar-refractivity contribution is 7.92. The van der Waals surface area contributed by atoms with Crippen molar-refractivity contribution in [3.8, 4) is 0 Å². The van der Waals surface area contributed by atoms with Gasteiger partial charge in [-0.3, -0.25) is 13.9 Å². The summed E-state index contributed by atoms with van der Waals surface area (Å²) in [5.41, 5.74) is 2.47. The van der Waals surface area contributed by atoms with Crippen LogP contribution in [0.5, 0.6) is 0 Å². The van der Waals surface area contributed by atoms with E-state index in [0.29, 0.717) is 26.9 Å². The molecule has 0 saturated heterocycles. The number of amides is 2. The first kappa shape index (κ1) is 31.9. The van der Waals surface area contributed by atoms with Crippen molar-refractivity contribution in [1.29, 1.82) is 0 Å². The molecule has 1 atom stereocenters. The van der Waals surface area contributed by atoms with Crippen LogP contribution in [0, 0.1) is 13.8 Å². The fourth-order valence-electron chi connectivity index (χ4n) is 5.21. The minimum absolute atomic E-state index is 0.0375. The van der Waals surface area contributed by atoms with Gasteiger partial charge in [0, 0.05) is 22.6 Å². The van der Waals surface area contributed by atoms with E-state index in [-0.39, 0.29) is 23.4 Å². The molecule has 224 valence electrons. The molecule has 1 N–H and O–H groups in total. The number of carbonyl (C=O) groups excluding carboxylic acids is 2. The molecule has 0 aliphatic heterocycles. The zero-order valence-corrected chi connectivity index (χ0v) is 26.5. The molecule has 3 aromatic rings. The van der Waals surface area contributed by atoms with E-state index in [4.69, 9.17) is 23.2 Å². The van der Waals surface area contributed by atoms with Crippen LogP contribution in [0.3, 0.4) is 0 Å². The predicted octanol–water partition coefficient (Wildman–Crippen LogP) is 6.67. The average molecular weight is 631 g/mol. The number of nitrogens with zero attached hydrogens (tertiary/aromatic N) is 2. The van der Waals surface area contributed by atoms with Gasteiger partial charge in [-0.25, -0.2) is 8.42 Å². The molecule has 10 heteroatoms. The number of anilines is 1. The fraction of sp³-hybridized carbons (Fsp3) is 0.375. The zero-order valence-electron chi connectivity index (χ0n) is 24.1. The van der Waals surface area contributed by atoms with Gasteiger partial charge in [0.2, 0.25) is 11.8 Å². The van der Waals surface area contributed by atoms with Crippen LogP contribution in [0.25, 0.3) is 0 Å². The smallest absolute Gasteiger partial charge is 0.264 e. The first-order chi connectivity index (χ1) is 20.0. The summed E-state index contributed by atoms with van der Waals surface area (Å²) in [5.74, 6) is -0.816.